The first-order chi connectivity index (χ1) is 13.0. The van der Waals surface area contributed by atoms with E-state index >= 15 is 0 Å². The molecule has 1 N–H and O–H groups in total. The number of carbonyl (C=O) groups excluding carboxylic acids is 1. The fraction of sp³-hybridized carbons (Fsp3) is 0.368. The summed E-state index contributed by atoms with van der Waals surface area (Å²) in [5.41, 5.74) is 1.02. The lowest BCUT2D eigenvalue weighted by molar-refractivity contribution is 0.125. The summed E-state index contributed by atoms with van der Waals surface area (Å²) in [4.78, 5) is 21.1. The number of pyridine rings is 1. The van der Waals surface area contributed by atoms with E-state index in [1.807, 2.05) is 30.0 Å². The fourth-order valence-corrected chi connectivity index (χ4v) is 3.87. The summed E-state index contributed by atoms with van der Waals surface area (Å²) < 4.78 is 0. The van der Waals surface area contributed by atoms with Gasteiger partial charge >= 0.3 is 6.03 Å². The molecule has 1 aliphatic heterocycles. The van der Waals surface area contributed by atoms with E-state index in [0.717, 1.165) is 46.0 Å². The largest absolute Gasteiger partial charge is 0.323 e. The number of rotatable bonds is 2. The van der Waals surface area contributed by atoms with Gasteiger partial charge in [0.15, 0.2) is 0 Å². The van der Waals surface area contributed by atoms with Crippen molar-refractivity contribution < 1.29 is 4.79 Å². The molecule has 1 aromatic carbocycles. The van der Waals surface area contributed by atoms with Crippen LogP contribution < -0.4 is 5.32 Å². The predicted octanol–water partition coefficient (Wildman–Crippen LogP) is 3.23. The molecule has 1 aliphatic rings. The average molecular weight is 382 g/mol. The third kappa shape index (κ3) is 3.77. The highest BCUT2D eigenvalue weighted by Gasteiger charge is 2.24. The highest BCUT2D eigenvalue weighted by atomic mass is 32.1. The minimum atomic E-state index is -0.0993. The van der Waals surface area contributed by atoms with E-state index in [0.29, 0.717) is 11.9 Å². The quantitative estimate of drug-likeness (QED) is 0.737. The van der Waals surface area contributed by atoms with Gasteiger partial charge in [-0.1, -0.05) is 23.5 Å². The van der Waals surface area contributed by atoms with Crippen LogP contribution in [0.5, 0.6) is 0 Å². The number of hydrogen-bond acceptors (Lipinski definition) is 6. The van der Waals surface area contributed by atoms with E-state index in [4.69, 9.17) is 0 Å². The number of aryl methyl sites for hydroxylation is 1. The Balaban J connectivity index is 1.54. The number of amides is 2. The van der Waals surface area contributed by atoms with Gasteiger partial charge in [0.1, 0.15) is 15.8 Å². The van der Waals surface area contributed by atoms with Gasteiger partial charge < -0.3 is 9.80 Å². The second-order valence-electron chi connectivity index (χ2n) is 6.96. The molecule has 3 heterocycles. The molecule has 2 aromatic heterocycles. The molecule has 0 aliphatic carbocycles. The van der Waals surface area contributed by atoms with Crippen molar-refractivity contribution in [3.63, 3.8) is 0 Å². The first-order valence-corrected chi connectivity index (χ1v) is 9.78. The number of piperazine rings is 1. The molecule has 4 rings (SSSR count). The van der Waals surface area contributed by atoms with Crippen molar-refractivity contribution in [2.75, 3.05) is 32.0 Å². The summed E-state index contributed by atoms with van der Waals surface area (Å²) in [7, 11) is 2.09. The van der Waals surface area contributed by atoms with Gasteiger partial charge in [-0.2, -0.15) is 0 Å². The normalized spacial score (nSPS) is 18.0. The standard InChI is InChI=1S/C19H22N6OS/c1-12-11-25(7-6-24(12)3)19(26)21-17-9-16-8-14(4-5-15(16)10-20-17)18-23-22-13(2)27-18/h4-5,8-10,12H,6-7,11H2,1-3H3,(H,20,21,26)/t12-/m0/s1. The van der Waals surface area contributed by atoms with Crippen LogP contribution in [-0.2, 0) is 0 Å². The van der Waals surface area contributed by atoms with Crippen LogP contribution in [0, 0.1) is 6.92 Å². The Morgan fingerprint density at radius 1 is 1.22 bits per heavy atom. The van der Waals surface area contributed by atoms with Crippen LogP contribution >= 0.6 is 11.3 Å². The minimum absolute atomic E-state index is 0.0993. The number of aromatic nitrogens is 3. The molecule has 0 saturated carbocycles. The lowest BCUT2D eigenvalue weighted by Crippen LogP contribution is -2.53. The smallest absolute Gasteiger partial charge is 0.322 e. The van der Waals surface area contributed by atoms with E-state index in [1.165, 1.54) is 0 Å². The Morgan fingerprint density at radius 3 is 2.81 bits per heavy atom. The van der Waals surface area contributed by atoms with Crippen molar-refractivity contribution in [3.05, 3.63) is 35.5 Å². The van der Waals surface area contributed by atoms with Gasteiger partial charge in [-0.3, -0.25) is 5.32 Å². The second kappa shape index (κ2) is 7.21. The van der Waals surface area contributed by atoms with Crippen molar-refractivity contribution in [2.45, 2.75) is 19.9 Å². The second-order valence-corrected chi connectivity index (χ2v) is 8.15. The lowest BCUT2D eigenvalue weighted by atomic mass is 10.1. The van der Waals surface area contributed by atoms with Crippen LogP contribution in [0.15, 0.2) is 30.5 Å². The molecule has 140 valence electrons. The molecule has 8 heteroatoms. The summed E-state index contributed by atoms with van der Waals surface area (Å²) in [6.07, 6.45) is 1.78. The van der Waals surface area contributed by atoms with E-state index in [1.54, 1.807) is 17.5 Å². The van der Waals surface area contributed by atoms with Crippen molar-refractivity contribution in [1.29, 1.82) is 0 Å². The average Bonchev–Trinajstić information content (AvgIpc) is 3.09. The first-order valence-electron chi connectivity index (χ1n) is 8.96. The Labute approximate surface area is 162 Å². The molecule has 1 atom stereocenters. The topological polar surface area (TPSA) is 74.2 Å². The third-order valence-electron chi connectivity index (χ3n) is 4.98. The van der Waals surface area contributed by atoms with Crippen molar-refractivity contribution in [3.8, 4) is 10.6 Å². The van der Waals surface area contributed by atoms with Gasteiger partial charge in [-0.25, -0.2) is 9.78 Å². The van der Waals surface area contributed by atoms with Crippen LogP contribution in [0.25, 0.3) is 21.3 Å². The van der Waals surface area contributed by atoms with E-state index < -0.39 is 0 Å². The van der Waals surface area contributed by atoms with E-state index in [9.17, 15) is 4.79 Å². The molecular weight excluding hydrogens is 360 g/mol. The monoisotopic (exact) mass is 382 g/mol. The Morgan fingerprint density at radius 2 is 2.07 bits per heavy atom. The number of urea groups is 1. The molecule has 0 radical (unpaired) electrons. The fourth-order valence-electron chi connectivity index (χ4n) is 3.18. The van der Waals surface area contributed by atoms with Crippen molar-refractivity contribution >= 4 is 34.0 Å². The van der Waals surface area contributed by atoms with Crippen LogP contribution in [0.4, 0.5) is 10.6 Å². The highest BCUT2D eigenvalue weighted by molar-refractivity contribution is 7.14. The number of likely N-dealkylation sites (N-methyl/N-ethyl adjacent to an activating group) is 1. The van der Waals surface area contributed by atoms with Gasteiger partial charge in [0, 0.05) is 42.8 Å². The van der Waals surface area contributed by atoms with E-state index in [2.05, 4.69) is 45.4 Å². The van der Waals surface area contributed by atoms with Gasteiger partial charge in [0.05, 0.1) is 0 Å². The number of nitrogens with one attached hydrogen (secondary N) is 1. The molecular formula is C19H22N6OS. The van der Waals surface area contributed by atoms with Gasteiger partial charge in [-0.15, -0.1) is 10.2 Å². The molecule has 2 amide bonds. The summed E-state index contributed by atoms with van der Waals surface area (Å²) in [5.74, 6) is 0.560. The number of anilines is 1. The Bertz CT molecular complexity index is 987. The minimum Gasteiger partial charge on any atom is -0.322 e. The highest BCUT2D eigenvalue weighted by Crippen LogP contribution is 2.27. The van der Waals surface area contributed by atoms with E-state index in [-0.39, 0.29) is 6.03 Å². The molecule has 0 bridgehead atoms. The SMILES string of the molecule is Cc1nnc(-c2ccc3cnc(NC(=O)N4CCN(C)[C@@H](C)C4)cc3c2)s1. The molecule has 1 fully saturated rings. The number of benzene rings is 1. The summed E-state index contributed by atoms with van der Waals surface area (Å²) in [6, 6.07) is 8.26. The maximum atomic E-state index is 12.6. The molecule has 27 heavy (non-hydrogen) atoms. The van der Waals surface area contributed by atoms with Crippen LogP contribution in [0.2, 0.25) is 0 Å². The van der Waals surface area contributed by atoms with Gasteiger partial charge in [0.25, 0.3) is 0 Å². The zero-order valence-electron chi connectivity index (χ0n) is 15.6. The number of fused-ring (bicyclic) bond motifs is 1. The summed E-state index contributed by atoms with van der Waals surface area (Å²) in [5, 5.41) is 15.1. The molecule has 0 spiro atoms. The van der Waals surface area contributed by atoms with Crippen LogP contribution in [-0.4, -0.2) is 63.7 Å². The Kier molecular flexibility index (Phi) is 4.75. The molecule has 1 saturated heterocycles. The number of carbonyl (C=O) groups is 1. The van der Waals surface area contributed by atoms with Crippen molar-refractivity contribution in [2.24, 2.45) is 0 Å². The third-order valence-corrected chi connectivity index (χ3v) is 5.86. The number of hydrogen-bond donors (Lipinski definition) is 1. The zero-order valence-corrected chi connectivity index (χ0v) is 16.5. The molecule has 7 nitrogen and oxygen atoms in total. The molecule has 0 unspecified atom stereocenters. The summed E-state index contributed by atoms with van der Waals surface area (Å²) >= 11 is 1.57. The van der Waals surface area contributed by atoms with Crippen molar-refractivity contribution in [1.82, 2.24) is 25.0 Å². The maximum absolute atomic E-state index is 12.6. The predicted molar refractivity (Wildman–Crippen MR) is 108 cm³/mol. The number of nitrogens with zero attached hydrogens (tertiary/aromatic N) is 5. The molecule has 3 aromatic rings. The zero-order chi connectivity index (χ0) is 19.0. The Hall–Kier alpha value is -2.58. The van der Waals surface area contributed by atoms with Crippen LogP contribution in [0.1, 0.15) is 11.9 Å². The van der Waals surface area contributed by atoms with Gasteiger partial charge in [0.2, 0.25) is 0 Å². The first kappa shape index (κ1) is 17.8. The summed E-state index contributed by atoms with van der Waals surface area (Å²) in [6.45, 7) is 6.39. The maximum Gasteiger partial charge on any atom is 0.323 e. The van der Waals surface area contributed by atoms with Gasteiger partial charge in [-0.05, 0) is 38.4 Å². The van der Waals surface area contributed by atoms with Crippen LogP contribution in [0.3, 0.4) is 0 Å². The lowest BCUT2D eigenvalue weighted by Gasteiger charge is -2.37.